The summed E-state index contributed by atoms with van der Waals surface area (Å²) in [5.74, 6) is 0.0673. The van der Waals surface area contributed by atoms with Gasteiger partial charge in [0.25, 0.3) is 0 Å². The molecule has 0 amide bonds. The molecule has 0 radical (unpaired) electrons. The van der Waals surface area contributed by atoms with Crippen molar-refractivity contribution >= 4 is 40.4 Å². The van der Waals surface area contributed by atoms with Crippen molar-refractivity contribution in [1.82, 2.24) is 4.98 Å². The lowest BCUT2D eigenvalue weighted by Gasteiger charge is -1.93. The van der Waals surface area contributed by atoms with E-state index in [0.29, 0.717) is 5.69 Å². The molecule has 16 heavy (non-hydrogen) atoms. The molecule has 0 unspecified atom stereocenters. The third-order valence-corrected chi connectivity index (χ3v) is 4.96. The predicted octanol–water partition coefficient (Wildman–Crippen LogP) is 3.12. The molecule has 0 aliphatic rings. The lowest BCUT2D eigenvalue weighted by Crippen LogP contribution is -1.99. The van der Waals surface area contributed by atoms with Crippen molar-refractivity contribution in [3.05, 3.63) is 33.5 Å². The molecule has 2 heterocycles. The number of aliphatic carboxylic acids is 1. The van der Waals surface area contributed by atoms with Gasteiger partial charge in [-0.25, -0.2) is 4.98 Å². The summed E-state index contributed by atoms with van der Waals surface area (Å²) in [5, 5.41) is 12.5. The predicted molar refractivity (Wildman–Crippen MR) is 67.3 cm³/mol. The fourth-order valence-electron chi connectivity index (χ4n) is 1.12. The summed E-state index contributed by atoms with van der Waals surface area (Å²) in [6, 6.07) is 4.11. The van der Waals surface area contributed by atoms with Crippen LogP contribution in [0.25, 0.3) is 0 Å². The Morgan fingerprint density at radius 1 is 1.50 bits per heavy atom. The molecular formula is C10H9NO2S3. The number of nitrogens with zero attached hydrogens (tertiary/aromatic N) is 1. The number of aromatic nitrogens is 1. The largest absolute Gasteiger partial charge is 0.481 e. The van der Waals surface area contributed by atoms with Crippen LogP contribution in [-0.4, -0.2) is 16.1 Å². The smallest absolute Gasteiger partial charge is 0.309 e. The molecule has 3 nitrogen and oxygen atoms in total. The van der Waals surface area contributed by atoms with Gasteiger partial charge in [-0.1, -0.05) is 17.8 Å². The number of carbonyl (C=O) groups is 1. The molecule has 0 saturated carbocycles. The Kier molecular flexibility index (Phi) is 3.98. The summed E-state index contributed by atoms with van der Waals surface area (Å²) in [4.78, 5) is 16.0. The summed E-state index contributed by atoms with van der Waals surface area (Å²) in [7, 11) is 0. The zero-order valence-corrected chi connectivity index (χ0v) is 10.7. The van der Waals surface area contributed by atoms with Gasteiger partial charge in [-0.2, -0.15) is 0 Å². The minimum Gasteiger partial charge on any atom is -0.481 e. The molecule has 6 heteroatoms. The Morgan fingerprint density at radius 2 is 2.38 bits per heavy atom. The average molecular weight is 271 g/mol. The van der Waals surface area contributed by atoms with Gasteiger partial charge < -0.3 is 5.11 Å². The molecule has 0 aromatic carbocycles. The van der Waals surface area contributed by atoms with E-state index < -0.39 is 5.97 Å². The molecule has 84 valence electrons. The van der Waals surface area contributed by atoms with Gasteiger partial charge in [-0.15, -0.1) is 22.7 Å². The van der Waals surface area contributed by atoms with Gasteiger partial charge in [0.15, 0.2) is 0 Å². The number of rotatable bonds is 5. The molecule has 0 aliphatic carbocycles. The van der Waals surface area contributed by atoms with Crippen molar-refractivity contribution in [1.29, 1.82) is 0 Å². The summed E-state index contributed by atoms with van der Waals surface area (Å²) >= 11 is 4.88. The van der Waals surface area contributed by atoms with Crippen molar-refractivity contribution < 1.29 is 9.90 Å². The number of hydrogen-bond acceptors (Lipinski definition) is 5. The number of hydrogen-bond donors (Lipinski definition) is 1. The zero-order valence-electron chi connectivity index (χ0n) is 8.25. The van der Waals surface area contributed by atoms with E-state index in [4.69, 9.17) is 5.11 Å². The van der Waals surface area contributed by atoms with Gasteiger partial charge in [-0.3, -0.25) is 4.79 Å². The van der Waals surface area contributed by atoms with Crippen molar-refractivity contribution in [2.45, 2.75) is 16.5 Å². The zero-order chi connectivity index (χ0) is 11.4. The average Bonchev–Trinajstić information content (AvgIpc) is 2.84. The second-order valence-electron chi connectivity index (χ2n) is 3.04. The van der Waals surface area contributed by atoms with Gasteiger partial charge in [0.1, 0.15) is 4.34 Å². The van der Waals surface area contributed by atoms with Crippen LogP contribution in [0.3, 0.4) is 0 Å². The maximum atomic E-state index is 10.5. The Bertz CT molecular complexity index is 464. The molecule has 0 atom stereocenters. The van der Waals surface area contributed by atoms with Crippen LogP contribution >= 0.6 is 34.4 Å². The van der Waals surface area contributed by atoms with Gasteiger partial charge >= 0.3 is 5.97 Å². The normalized spacial score (nSPS) is 10.5. The first-order chi connectivity index (χ1) is 7.74. The van der Waals surface area contributed by atoms with E-state index in [1.54, 1.807) is 23.1 Å². The first kappa shape index (κ1) is 11.6. The lowest BCUT2D eigenvalue weighted by molar-refractivity contribution is -0.136. The molecule has 2 rings (SSSR count). The summed E-state index contributed by atoms with van der Waals surface area (Å²) in [6.07, 6.45) is 0.00998. The van der Waals surface area contributed by atoms with Crippen LogP contribution in [0.5, 0.6) is 0 Å². The third kappa shape index (κ3) is 3.33. The Morgan fingerprint density at radius 3 is 3.06 bits per heavy atom. The van der Waals surface area contributed by atoms with Crippen LogP contribution in [0.1, 0.15) is 10.6 Å². The highest BCUT2D eigenvalue weighted by atomic mass is 32.2. The molecule has 0 aliphatic heterocycles. The standard InChI is InChI=1S/C10H9NO2S3/c12-9(13)4-7-5-15-10(11-7)16-6-8-2-1-3-14-8/h1-3,5H,4,6H2,(H,12,13). The van der Waals surface area contributed by atoms with Crippen LogP contribution in [0.4, 0.5) is 0 Å². The van der Waals surface area contributed by atoms with Gasteiger partial charge in [0.2, 0.25) is 0 Å². The highest BCUT2D eigenvalue weighted by Gasteiger charge is 2.06. The SMILES string of the molecule is O=C(O)Cc1csc(SCc2cccs2)n1. The second-order valence-corrected chi connectivity index (χ2v) is 6.16. The fourth-order valence-corrected chi connectivity index (χ4v) is 3.74. The van der Waals surface area contributed by atoms with E-state index in [-0.39, 0.29) is 6.42 Å². The number of thiophene rings is 1. The van der Waals surface area contributed by atoms with Crippen LogP contribution in [0, 0.1) is 0 Å². The van der Waals surface area contributed by atoms with Crippen LogP contribution in [0.2, 0.25) is 0 Å². The molecule has 0 saturated heterocycles. The molecule has 2 aromatic rings. The van der Waals surface area contributed by atoms with Crippen molar-refractivity contribution in [2.24, 2.45) is 0 Å². The highest BCUT2D eigenvalue weighted by Crippen LogP contribution is 2.27. The number of thioether (sulfide) groups is 1. The van der Waals surface area contributed by atoms with Crippen molar-refractivity contribution in [3.8, 4) is 0 Å². The van der Waals surface area contributed by atoms with Crippen LogP contribution in [0.15, 0.2) is 27.2 Å². The summed E-state index contributed by atoms with van der Waals surface area (Å²) in [6.45, 7) is 0. The molecule has 0 bridgehead atoms. The Labute approximate surface area is 105 Å². The summed E-state index contributed by atoms with van der Waals surface area (Å²) < 4.78 is 0.935. The first-order valence-corrected chi connectivity index (χ1v) is 7.30. The van der Waals surface area contributed by atoms with Crippen LogP contribution in [-0.2, 0) is 17.0 Å². The number of carboxylic acids is 1. The molecule has 0 spiro atoms. The van der Waals surface area contributed by atoms with Gasteiger partial charge in [0, 0.05) is 16.0 Å². The lowest BCUT2D eigenvalue weighted by atomic mass is 10.3. The maximum Gasteiger partial charge on any atom is 0.309 e. The third-order valence-electron chi connectivity index (χ3n) is 1.78. The Hall–Kier alpha value is -0.850. The monoisotopic (exact) mass is 271 g/mol. The minimum atomic E-state index is -0.833. The van der Waals surface area contributed by atoms with E-state index in [1.165, 1.54) is 16.2 Å². The molecular weight excluding hydrogens is 262 g/mol. The van der Waals surface area contributed by atoms with E-state index in [1.807, 2.05) is 16.8 Å². The van der Waals surface area contributed by atoms with E-state index in [9.17, 15) is 4.79 Å². The Balaban J connectivity index is 1.90. The number of carboxylic acid groups (broad SMARTS) is 1. The van der Waals surface area contributed by atoms with Crippen LogP contribution < -0.4 is 0 Å². The fraction of sp³-hybridized carbons (Fsp3) is 0.200. The van der Waals surface area contributed by atoms with E-state index in [0.717, 1.165) is 10.1 Å². The molecule has 1 N–H and O–H groups in total. The van der Waals surface area contributed by atoms with Gasteiger partial charge in [0.05, 0.1) is 12.1 Å². The van der Waals surface area contributed by atoms with Crippen molar-refractivity contribution in [3.63, 3.8) is 0 Å². The number of thiazole rings is 1. The molecule has 2 aromatic heterocycles. The maximum absolute atomic E-state index is 10.5. The minimum absolute atomic E-state index is 0.00998. The van der Waals surface area contributed by atoms with E-state index in [2.05, 4.69) is 11.1 Å². The topological polar surface area (TPSA) is 50.2 Å². The second kappa shape index (κ2) is 5.47. The highest BCUT2D eigenvalue weighted by molar-refractivity contribution is 8.00. The van der Waals surface area contributed by atoms with E-state index >= 15 is 0 Å². The van der Waals surface area contributed by atoms with Crippen molar-refractivity contribution in [2.75, 3.05) is 0 Å². The van der Waals surface area contributed by atoms with Gasteiger partial charge in [-0.05, 0) is 11.4 Å². The quantitative estimate of drug-likeness (QED) is 0.849. The first-order valence-electron chi connectivity index (χ1n) is 4.55. The summed E-state index contributed by atoms with van der Waals surface area (Å²) in [5.41, 5.74) is 0.645. The molecule has 0 fully saturated rings.